The molecule has 1 aliphatic heterocycles. The lowest BCUT2D eigenvalue weighted by atomic mass is 9.54. The van der Waals surface area contributed by atoms with Gasteiger partial charge in [-0.2, -0.15) is 0 Å². The zero-order chi connectivity index (χ0) is 16.9. The average Bonchev–Trinajstić information content (AvgIpc) is 3.20. The van der Waals surface area contributed by atoms with E-state index in [9.17, 15) is 20.0 Å². The summed E-state index contributed by atoms with van der Waals surface area (Å²) in [6.07, 6.45) is 5.52. The third-order valence-electron chi connectivity index (χ3n) is 6.03. The second kappa shape index (κ2) is 5.44. The number of carbonyl (C=O) groups is 1. The minimum absolute atomic E-state index is 0.00710. The molecular formula is C17H20N2O5. The molecule has 1 amide bonds. The largest absolute Gasteiger partial charge is 0.502 e. The number of fused-ring (bicyclic) bond motifs is 2. The molecule has 2 saturated carbocycles. The SMILES string of the molecule is O=C(N[C@@H]1[C@@H]2CCO[C@H]2C12CCCC2)c1cccc([N+](=O)[O-])c1O. The van der Waals surface area contributed by atoms with Crippen LogP contribution in [-0.2, 0) is 4.74 Å². The summed E-state index contributed by atoms with van der Waals surface area (Å²) in [6.45, 7) is 0.728. The molecule has 3 fully saturated rings. The fraction of sp³-hybridized carbons (Fsp3) is 0.588. The number of nitrogens with one attached hydrogen (secondary N) is 1. The lowest BCUT2D eigenvalue weighted by Crippen LogP contribution is -2.68. The van der Waals surface area contributed by atoms with Crippen LogP contribution in [0.1, 0.15) is 42.5 Å². The first kappa shape index (κ1) is 15.4. The van der Waals surface area contributed by atoms with Crippen LogP contribution in [0.15, 0.2) is 18.2 Å². The zero-order valence-electron chi connectivity index (χ0n) is 13.2. The van der Waals surface area contributed by atoms with E-state index < -0.39 is 22.3 Å². The van der Waals surface area contributed by atoms with E-state index in [1.54, 1.807) is 0 Å². The van der Waals surface area contributed by atoms with Gasteiger partial charge in [-0.25, -0.2) is 0 Å². The number of amides is 1. The smallest absolute Gasteiger partial charge is 0.311 e. The number of phenolic OH excluding ortho intramolecular Hbond substituents is 1. The Morgan fingerprint density at radius 3 is 2.83 bits per heavy atom. The molecule has 1 aromatic rings. The van der Waals surface area contributed by atoms with E-state index in [0.717, 1.165) is 38.7 Å². The summed E-state index contributed by atoms with van der Waals surface area (Å²) in [6, 6.07) is 4.05. The van der Waals surface area contributed by atoms with Gasteiger partial charge in [0.1, 0.15) is 0 Å². The van der Waals surface area contributed by atoms with Crippen molar-refractivity contribution >= 4 is 11.6 Å². The molecule has 0 aromatic heterocycles. The summed E-state index contributed by atoms with van der Waals surface area (Å²) in [4.78, 5) is 22.9. The van der Waals surface area contributed by atoms with E-state index in [4.69, 9.17) is 4.74 Å². The van der Waals surface area contributed by atoms with E-state index in [0.29, 0.717) is 5.92 Å². The number of nitrogens with zero attached hydrogens (tertiary/aromatic N) is 1. The van der Waals surface area contributed by atoms with Crippen molar-refractivity contribution in [1.29, 1.82) is 0 Å². The highest BCUT2D eigenvalue weighted by Crippen LogP contribution is 2.60. The Bertz CT molecular complexity index is 698. The first-order valence-corrected chi connectivity index (χ1v) is 8.43. The standard InChI is InChI=1S/C17H20N2O5/c20-13-10(4-3-5-12(13)19(22)23)16(21)18-14-11-6-9-24-15(11)17(14)7-1-2-8-17/h3-5,11,14-15,20H,1-2,6-9H2,(H,18,21)/t11-,14+,15+/m0/s1. The highest BCUT2D eigenvalue weighted by atomic mass is 16.6. The number of ether oxygens (including phenoxy) is 1. The van der Waals surface area contributed by atoms with Crippen LogP contribution < -0.4 is 5.32 Å². The summed E-state index contributed by atoms with van der Waals surface area (Å²) < 4.78 is 5.89. The van der Waals surface area contributed by atoms with Crippen LogP contribution >= 0.6 is 0 Å². The minimum atomic E-state index is -0.686. The molecule has 2 N–H and O–H groups in total. The monoisotopic (exact) mass is 332 g/mol. The van der Waals surface area contributed by atoms with Crippen molar-refractivity contribution in [2.24, 2.45) is 11.3 Å². The number of hydrogen-bond acceptors (Lipinski definition) is 5. The fourth-order valence-corrected chi connectivity index (χ4v) is 4.99. The number of nitro groups is 1. The fourth-order valence-electron chi connectivity index (χ4n) is 4.99. The lowest BCUT2D eigenvalue weighted by molar-refractivity contribution is -0.385. The summed E-state index contributed by atoms with van der Waals surface area (Å²) in [5, 5.41) is 24.0. The predicted molar refractivity (Wildman–Crippen MR) is 84.8 cm³/mol. The molecule has 1 aromatic carbocycles. The maximum absolute atomic E-state index is 12.6. The lowest BCUT2D eigenvalue weighted by Gasteiger charge is -2.56. The number of phenols is 1. The van der Waals surface area contributed by atoms with Crippen LogP contribution in [0.5, 0.6) is 5.75 Å². The maximum atomic E-state index is 12.6. The first-order valence-electron chi connectivity index (χ1n) is 8.43. The minimum Gasteiger partial charge on any atom is -0.502 e. The summed E-state index contributed by atoms with van der Waals surface area (Å²) in [5.74, 6) is -0.704. The molecule has 1 saturated heterocycles. The zero-order valence-corrected chi connectivity index (χ0v) is 13.2. The molecule has 1 spiro atoms. The van der Waals surface area contributed by atoms with E-state index >= 15 is 0 Å². The molecule has 3 atom stereocenters. The number of carbonyl (C=O) groups excluding carboxylic acids is 1. The molecule has 2 aliphatic carbocycles. The molecule has 4 rings (SSSR count). The average molecular weight is 332 g/mol. The van der Waals surface area contributed by atoms with Gasteiger partial charge < -0.3 is 15.2 Å². The van der Waals surface area contributed by atoms with Crippen molar-refractivity contribution in [2.75, 3.05) is 6.61 Å². The molecule has 0 bridgehead atoms. The van der Waals surface area contributed by atoms with Crippen LogP contribution in [0, 0.1) is 21.4 Å². The topological polar surface area (TPSA) is 102 Å². The van der Waals surface area contributed by atoms with Crippen molar-refractivity contribution < 1.29 is 19.6 Å². The van der Waals surface area contributed by atoms with E-state index in [2.05, 4.69) is 5.32 Å². The molecule has 7 heteroatoms. The van der Waals surface area contributed by atoms with Gasteiger partial charge in [-0.05, 0) is 25.3 Å². The Hall–Kier alpha value is -2.15. The van der Waals surface area contributed by atoms with Crippen molar-refractivity contribution in [1.82, 2.24) is 5.32 Å². The van der Waals surface area contributed by atoms with Gasteiger partial charge in [0.15, 0.2) is 0 Å². The first-order chi connectivity index (χ1) is 11.5. The van der Waals surface area contributed by atoms with Gasteiger partial charge in [-0.1, -0.05) is 18.9 Å². The molecule has 0 unspecified atom stereocenters. The van der Waals surface area contributed by atoms with E-state index in [1.165, 1.54) is 18.2 Å². The molecule has 24 heavy (non-hydrogen) atoms. The maximum Gasteiger partial charge on any atom is 0.311 e. The van der Waals surface area contributed by atoms with Gasteiger partial charge in [0.25, 0.3) is 5.91 Å². The number of nitro benzene ring substituents is 1. The highest BCUT2D eigenvalue weighted by Gasteiger charge is 2.65. The van der Waals surface area contributed by atoms with Crippen molar-refractivity contribution in [3.8, 4) is 5.75 Å². The number of benzene rings is 1. The number of aromatic hydroxyl groups is 1. The summed E-state index contributed by atoms with van der Waals surface area (Å²) in [7, 11) is 0. The van der Waals surface area contributed by atoms with E-state index in [1.807, 2.05) is 0 Å². The third-order valence-corrected chi connectivity index (χ3v) is 6.03. The van der Waals surface area contributed by atoms with Crippen molar-refractivity contribution in [3.63, 3.8) is 0 Å². The normalized spacial score (nSPS) is 29.9. The third kappa shape index (κ3) is 2.04. The second-order valence-corrected chi connectivity index (χ2v) is 7.07. The molecule has 3 aliphatic rings. The van der Waals surface area contributed by atoms with Gasteiger partial charge in [0, 0.05) is 30.0 Å². The molecular weight excluding hydrogens is 312 g/mol. The summed E-state index contributed by atoms with van der Waals surface area (Å²) >= 11 is 0. The van der Waals surface area contributed by atoms with Gasteiger partial charge in [-0.15, -0.1) is 0 Å². The second-order valence-electron chi connectivity index (χ2n) is 7.07. The van der Waals surface area contributed by atoms with Crippen LogP contribution in [0.2, 0.25) is 0 Å². The van der Waals surface area contributed by atoms with Crippen LogP contribution in [0.4, 0.5) is 5.69 Å². The van der Waals surface area contributed by atoms with Gasteiger partial charge >= 0.3 is 5.69 Å². The predicted octanol–water partition coefficient (Wildman–Crippen LogP) is 2.38. The molecule has 7 nitrogen and oxygen atoms in total. The molecule has 1 heterocycles. The number of para-hydroxylation sites is 1. The van der Waals surface area contributed by atoms with Crippen LogP contribution in [-0.4, -0.2) is 34.7 Å². The number of hydrogen-bond donors (Lipinski definition) is 2. The van der Waals surface area contributed by atoms with Gasteiger partial charge in [-0.3, -0.25) is 14.9 Å². The van der Waals surface area contributed by atoms with Gasteiger partial charge in [0.2, 0.25) is 5.75 Å². The van der Waals surface area contributed by atoms with Crippen LogP contribution in [0.25, 0.3) is 0 Å². The van der Waals surface area contributed by atoms with Crippen molar-refractivity contribution in [2.45, 2.75) is 44.2 Å². The Morgan fingerprint density at radius 2 is 2.12 bits per heavy atom. The van der Waals surface area contributed by atoms with E-state index in [-0.39, 0.29) is 23.1 Å². The Labute approximate surface area is 139 Å². The molecule has 128 valence electrons. The van der Waals surface area contributed by atoms with Crippen molar-refractivity contribution in [3.05, 3.63) is 33.9 Å². The number of rotatable bonds is 3. The highest BCUT2D eigenvalue weighted by molar-refractivity contribution is 5.98. The van der Waals surface area contributed by atoms with Gasteiger partial charge in [0.05, 0.1) is 16.6 Å². The molecule has 0 radical (unpaired) electrons. The summed E-state index contributed by atoms with van der Waals surface area (Å²) in [5.41, 5.74) is -0.485. The quantitative estimate of drug-likeness (QED) is 0.653. The van der Waals surface area contributed by atoms with Crippen LogP contribution in [0.3, 0.4) is 0 Å². The Balaban J connectivity index is 1.58. The Kier molecular flexibility index (Phi) is 3.49. The Morgan fingerprint density at radius 1 is 1.38 bits per heavy atom.